The number of carbonyl (C=O) groups excluding carboxylic acids is 3. The number of carbonyl (C=O) groups is 3. The average Bonchev–Trinajstić information content (AvgIpc) is 3.19. The summed E-state index contributed by atoms with van der Waals surface area (Å²) in [7, 11) is 0. The molecule has 1 heterocycles. The van der Waals surface area contributed by atoms with Crippen LogP contribution in [0, 0.1) is 11.3 Å². The Hall–Kier alpha value is -3.92. The zero-order valence-corrected chi connectivity index (χ0v) is 19.8. The minimum Gasteiger partial charge on any atom is -0.444 e. The lowest BCUT2D eigenvalue weighted by atomic mass is 10.1. The first-order valence-electron chi connectivity index (χ1n) is 12.0. The lowest BCUT2D eigenvalue weighted by Crippen LogP contribution is -2.37. The molecule has 0 unspecified atom stereocenters. The van der Waals surface area contributed by atoms with Crippen molar-refractivity contribution in [2.45, 2.75) is 51.2 Å². The number of nitrogens with zero attached hydrogens (tertiary/aromatic N) is 3. The van der Waals surface area contributed by atoms with Crippen molar-refractivity contribution in [2.24, 2.45) is 0 Å². The molecule has 3 amide bonds. The molecule has 182 valence electrons. The molecule has 2 aromatic rings. The molecule has 0 saturated carbocycles. The minimum absolute atomic E-state index is 0.0646. The molecule has 0 aliphatic carbocycles. The van der Waals surface area contributed by atoms with Crippen LogP contribution in [-0.2, 0) is 22.6 Å². The summed E-state index contributed by atoms with van der Waals surface area (Å²) in [5.41, 5.74) is 1.76. The molecule has 3 rings (SSSR count). The molecule has 0 N–H and O–H groups in total. The summed E-state index contributed by atoms with van der Waals surface area (Å²) in [6.45, 7) is 0.685. The predicted octanol–water partition coefficient (Wildman–Crippen LogP) is 5.27. The molecule has 2 aromatic carbocycles. The van der Waals surface area contributed by atoms with Gasteiger partial charge in [-0.05, 0) is 30.0 Å². The highest BCUT2D eigenvalue weighted by Gasteiger charge is 2.40. The summed E-state index contributed by atoms with van der Waals surface area (Å²) in [6, 6.07) is 20.1. The third-order valence-electron chi connectivity index (χ3n) is 5.84. The van der Waals surface area contributed by atoms with Crippen LogP contribution in [-0.4, -0.2) is 46.8 Å². The van der Waals surface area contributed by atoms with E-state index in [1.165, 1.54) is 6.08 Å². The van der Waals surface area contributed by atoms with E-state index in [1.54, 1.807) is 11.0 Å². The van der Waals surface area contributed by atoms with Gasteiger partial charge >= 0.3 is 12.1 Å². The van der Waals surface area contributed by atoms with Crippen molar-refractivity contribution in [3.05, 3.63) is 83.9 Å². The summed E-state index contributed by atoms with van der Waals surface area (Å²) < 4.78 is 5.37. The Morgan fingerprint density at radius 3 is 2.31 bits per heavy atom. The van der Waals surface area contributed by atoms with E-state index in [4.69, 9.17) is 10.00 Å². The Bertz CT molecular complexity index is 1050. The van der Waals surface area contributed by atoms with Gasteiger partial charge in [0.15, 0.2) is 5.78 Å². The SMILES string of the molecule is N#CCCCCCCN1C(=O)N(C(=O)OCc2ccccc2)C[C@@H]1C=CC(=O)Cc1ccccc1. The highest BCUT2D eigenvalue weighted by Crippen LogP contribution is 2.20. The van der Waals surface area contributed by atoms with Gasteiger partial charge in [0.05, 0.1) is 18.7 Å². The Kier molecular flexibility index (Phi) is 10.1. The molecule has 7 nitrogen and oxygen atoms in total. The molecule has 0 radical (unpaired) electrons. The van der Waals surface area contributed by atoms with Crippen molar-refractivity contribution in [3.63, 3.8) is 0 Å². The number of ether oxygens (including phenoxy) is 1. The fourth-order valence-electron chi connectivity index (χ4n) is 3.95. The van der Waals surface area contributed by atoms with Gasteiger partial charge in [-0.3, -0.25) is 4.79 Å². The van der Waals surface area contributed by atoms with E-state index in [0.29, 0.717) is 13.0 Å². The van der Waals surface area contributed by atoms with Gasteiger partial charge in [-0.2, -0.15) is 5.26 Å². The second kappa shape index (κ2) is 13.7. The fraction of sp³-hybridized carbons (Fsp3) is 0.357. The topological polar surface area (TPSA) is 90.7 Å². The average molecular weight is 474 g/mol. The van der Waals surface area contributed by atoms with E-state index in [2.05, 4.69) is 6.07 Å². The maximum atomic E-state index is 13.1. The van der Waals surface area contributed by atoms with Crippen molar-refractivity contribution in [1.29, 1.82) is 5.26 Å². The van der Waals surface area contributed by atoms with E-state index < -0.39 is 18.2 Å². The summed E-state index contributed by atoms with van der Waals surface area (Å²) in [5, 5.41) is 8.67. The van der Waals surface area contributed by atoms with Crippen LogP contribution in [0.5, 0.6) is 0 Å². The summed E-state index contributed by atoms with van der Waals surface area (Å²) in [6.07, 6.45) is 6.71. The Labute approximate surface area is 206 Å². The quantitative estimate of drug-likeness (QED) is 0.309. The van der Waals surface area contributed by atoms with Crippen molar-refractivity contribution in [3.8, 4) is 6.07 Å². The lowest BCUT2D eigenvalue weighted by Gasteiger charge is -2.20. The summed E-state index contributed by atoms with van der Waals surface area (Å²) >= 11 is 0. The number of benzene rings is 2. The normalized spacial score (nSPS) is 15.4. The van der Waals surface area contributed by atoms with Gasteiger partial charge in [0.2, 0.25) is 0 Å². The number of unbranched alkanes of at least 4 members (excludes halogenated alkanes) is 4. The molecular weight excluding hydrogens is 442 g/mol. The number of urea groups is 1. The van der Waals surface area contributed by atoms with Crippen LogP contribution in [0.15, 0.2) is 72.8 Å². The maximum absolute atomic E-state index is 13.1. The van der Waals surface area contributed by atoms with E-state index >= 15 is 0 Å². The predicted molar refractivity (Wildman–Crippen MR) is 132 cm³/mol. The van der Waals surface area contributed by atoms with E-state index in [-0.39, 0.29) is 25.4 Å². The fourth-order valence-corrected chi connectivity index (χ4v) is 3.95. The van der Waals surface area contributed by atoms with Gasteiger partial charge in [-0.1, -0.05) is 79.6 Å². The highest BCUT2D eigenvalue weighted by molar-refractivity contribution is 5.94. The number of hydrogen-bond acceptors (Lipinski definition) is 5. The maximum Gasteiger partial charge on any atom is 0.418 e. The Morgan fingerprint density at radius 2 is 1.63 bits per heavy atom. The molecular formula is C28H31N3O4. The van der Waals surface area contributed by atoms with Crippen LogP contribution in [0.3, 0.4) is 0 Å². The highest BCUT2D eigenvalue weighted by atomic mass is 16.6. The molecule has 1 aliphatic rings. The smallest absolute Gasteiger partial charge is 0.418 e. The number of ketones is 1. The Morgan fingerprint density at radius 1 is 0.971 bits per heavy atom. The van der Waals surface area contributed by atoms with Crippen LogP contribution in [0.1, 0.15) is 43.2 Å². The summed E-state index contributed by atoms with van der Waals surface area (Å²) in [4.78, 5) is 40.9. The van der Waals surface area contributed by atoms with Crippen LogP contribution in [0.25, 0.3) is 0 Å². The van der Waals surface area contributed by atoms with Crippen molar-refractivity contribution >= 4 is 17.9 Å². The summed E-state index contributed by atoms with van der Waals surface area (Å²) in [5.74, 6) is -0.0646. The number of hydrogen-bond donors (Lipinski definition) is 0. The van der Waals surface area contributed by atoms with E-state index in [1.807, 2.05) is 60.7 Å². The largest absolute Gasteiger partial charge is 0.444 e. The molecule has 7 heteroatoms. The minimum atomic E-state index is -0.690. The lowest BCUT2D eigenvalue weighted by molar-refractivity contribution is -0.114. The van der Waals surface area contributed by atoms with Gasteiger partial charge in [0, 0.05) is 19.4 Å². The van der Waals surface area contributed by atoms with Crippen LogP contribution in [0.4, 0.5) is 9.59 Å². The Balaban J connectivity index is 1.61. The molecule has 35 heavy (non-hydrogen) atoms. The van der Waals surface area contributed by atoms with Gasteiger partial charge in [-0.15, -0.1) is 0 Å². The third-order valence-corrected chi connectivity index (χ3v) is 5.84. The van der Waals surface area contributed by atoms with Gasteiger partial charge < -0.3 is 9.64 Å². The standard InChI is InChI=1S/C28H31N3O4/c29-18-10-2-1-3-11-19-30-25(16-17-26(32)20-23-12-6-4-7-13-23)21-31(27(30)33)28(34)35-22-24-14-8-5-9-15-24/h4-9,12-17,25H,1-3,10-11,19-22H2/t25-/m0/s1. The zero-order valence-electron chi connectivity index (χ0n) is 19.8. The van der Waals surface area contributed by atoms with Crippen molar-refractivity contribution in [1.82, 2.24) is 9.80 Å². The number of amides is 3. The van der Waals surface area contributed by atoms with Gasteiger partial charge in [0.25, 0.3) is 0 Å². The monoisotopic (exact) mass is 473 g/mol. The number of imide groups is 1. The van der Waals surface area contributed by atoms with Gasteiger partial charge in [-0.25, -0.2) is 14.5 Å². The van der Waals surface area contributed by atoms with Crippen molar-refractivity contribution < 1.29 is 19.1 Å². The number of nitriles is 1. The van der Waals surface area contributed by atoms with Crippen LogP contribution in [0.2, 0.25) is 0 Å². The molecule has 1 aliphatic heterocycles. The first-order valence-corrected chi connectivity index (χ1v) is 12.0. The second-order valence-electron chi connectivity index (χ2n) is 8.50. The van der Waals surface area contributed by atoms with Gasteiger partial charge in [0.1, 0.15) is 6.61 Å². The van der Waals surface area contributed by atoms with E-state index in [0.717, 1.165) is 41.7 Å². The molecule has 1 fully saturated rings. The molecule has 0 aromatic heterocycles. The molecule has 0 bridgehead atoms. The van der Waals surface area contributed by atoms with Crippen LogP contribution < -0.4 is 0 Å². The number of allylic oxidation sites excluding steroid dienone is 1. The first-order chi connectivity index (χ1) is 17.1. The third kappa shape index (κ3) is 8.11. The second-order valence-corrected chi connectivity index (χ2v) is 8.50. The van der Waals surface area contributed by atoms with Crippen LogP contribution >= 0.6 is 0 Å². The van der Waals surface area contributed by atoms with E-state index in [9.17, 15) is 14.4 Å². The first kappa shape index (κ1) is 25.7. The molecule has 0 spiro atoms. The molecule has 1 saturated heterocycles. The zero-order chi connectivity index (χ0) is 24.9. The number of rotatable bonds is 12. The van der Waals surface area contributed by atoms with Crippen molar-refractivity contribution in [2.75, 3.05) is 13.1 Å². The molecule has 1 atom stereocenters.